The van der Waals surface area contributed by atoms with Gasteiger partial charge in [0.15, 0.2) is 0 Å². The van der Waals surface area contributed by atoms with Crippen LogP contribution in [-0.4, -0.2) is 19.2 Å². The molecule has 108 valence electrons. The zero-order valence-corrected chi connectivity index (χ0v) is 11.7. The first-order valence-electron chi connectivity index (χ1n) is 6.03. The number of benzene rings is 1. The lowest BCUT2D eigenvalue weighted by Gasteiger charge is -2.15. The van der Waals surface area contributed by atoms with E-state index in [1.807, 2.05) is 30.3 Å². The standard InChI is InChI=1S/C14H18N2O4/c1-9(15)12(13(17)19-3)16-14(18)20-10(2)11-7-5-4-6-8-11/h4-8,10H,15H2,1-3H3,(H,16,18)/b12-9+/t10-/m1/s1. The number of nitrogens with one attached hydrogen (secondary N) is 1. The van der Waals surface area contributed by atoms with Crippen LogP contribution in [0.4, 0.5) is 4.79 Å². The van der Waals surface area contributed by atoms with Crippen molar-refractivity contribution in [1.29, 1.82) is 0 Å². The summed E-state index contributed by atoms with van der Waals surface area (Å²) in [5.41, 5.74) is 6.37. The van der Waals surface area contributed by atoms with Crippen molar-refractivity contribution in [2.45, 2.75) is 20.0 Å². The minimum Gasteiger partial charge on any atom is -0.464 e. The summed E-state index contributed by atoms with van der Waals surface area (Å²) in [7, 11) is 1.20. The van der Waals surface area contributed by atoms with Crippen molar-refractivity contribution in [2.75, 3.05) is 7.11 Å². The first-order valence-corrected chi connectivity index (χ1v) is 6.03. The molecule has 0 aromatic heterocycles. The molecule has 1 aromatic carbocycles. The average Bonchev–Trinajstić information content (AvgIpc) is 2.44. The molecule has 3 N–H and O–H groups in total. The van der Waals surface area contributed by atoms with Gasteiger partial charge in [-0.25, -0.2) is 9.59 Å². The molecule has 0 aliphatic rings. The molecule has 0 saturated carbocycles. The van der Waals surface area contributed by atoms with Crippen molar-refractivity contribution in [3.05, 3.63) is 47.3 Å². The fourth-order valence-corrected chi connectivity index (χ4v) is 1.50. The maximum Gasteiger partial charge on any atom is 0.412 e. The summed E-state index contributed by atoms with van der Waals surface area (Å²) < 4.78 is 9.68. The third kappa shape index (κ3) is 4.31. The van der Waals surface area contributed by atoms with Gasteiger partial charge in [0.25, 0.3) is 0 Å². The fourth-order valence-electron chi connectivity index (χ4n) is 1.50. The molecule has 6 nitrogen and oxygen atoms in total. The number of amides is 1. The van der Waals surface area contributed by atoms with E-state index >= 15 is 0 Å². The number of carbonyl (C=O) groups excluding carboxylic acids is 2. The summed E-state index contributed by atoms with van der Waals surface area (Å²) in [5.74, 6) is -0.727. The molecule has 20 heavy (non-hydrogen) atoms. The lowest BCUT2D eigenvalue weighted by molar-refractivity contribution is -0.136. The number of hydrogen-bond donors (Lipinski definition) is 2. The number of allylic oxidation sites excluding steroid dienone is 1. The van der Waals surface area contributed by atoms with E-state index in [2.05, 4.69) is 10.1 Å². The molecule has 0 fully saturated rings. The van der Waals surface area contributed by atoms with Gasteiger partial charge in [0.1, 0.15) is 11.8 Å². The van der Waals surface area contributed by atoms with E-state index in [0.29, 0.717) is 0 Å². The Morgan fingerprint density at radius 1 is 1.25 bits per heavy atom. The second kappa shape index (κ2) is 7.18. The topological polar surface area (TPSA) is 90.6 Å². The Morgan fingerprint density at radius 2 is 1.85 bits per heavy atom. The number of esters is 1. The highest BCUT2D eigenvalue weighted by Crippen LogP contribution is 2.16. The van der Waals surface area contributed by atoms with Gasteiger partial charge in [-0.3, -0.25) is 5.32 Å². The predicted octanol–water partition coefficient (Wildman–Crippen LogP) is 1.84. The summed E-state index contributed by atoms with van der Waals surface area (Å²) in [6.45, 7) is 3.21. The van der Waals surface area contributed by atoms with Gasteiger partial charge >= 0.3 is 12.1 Å². The number of carbonyl (C=O) groups is 2. The first kappa shape index (κ1) is 15.6. The van der Waals surface area contributed by atoms with E-state index < -0.39 is 18.2 Å². The number of methoxy groups -OCH3 is 1. The van der Waals surface area contributed by atoms with Crippen molar-refractivity contribution in [2.24, 2.45) is 5.73 Å². The number of hydrogen-bond acceptors (Lipinski definition) is 5. The van der Waals surface area contributed by atoms with Gasteiger partial charge in [-0.15, -0.1) is 0 Å². The Labute approximate surface area is 117 Å². The molecule has 1 aromatic rings. The van der Waals surface area contributed by atoms with Crippen molar-refractivity contribution in [1.82, 2.24) is 5.32 Å². The number of nitrogens with two attached hydrogens (primary N) is 1. The Hall–Kier alpha value is -2.50. The molecule has 1 rings (SSSR count). The van der Waals surface area contributed by atoms with Crippen LogP contribution in [-0.2, 0) is 14.3 Å². The van der Waals surface area contributed by atoms with E-state index in [0.717, 1.165) is 5.56 Å². The molecule has 0 bridgehead atoms. The molecule has 0 aliphatic heterocycles. The minimum atomic E-state index is -0.772. The third-order valence-electron chi connectivity index (χ3n) is 2.56. The van der Waals surface area contributed by atoms with Crippen LogP contribution in [0.1, 0.15) is 25.5 Å². The van der Waals surface area contributed by atoms with Gasteiger partial charge in [-0.2, -0.15) is 0 Å². The van der Waals surface area contributed by atoms with Crippen LogP contribution in [0, 0.1) is 0 Å². The van der Waals surface area contributed by atoms with Crippen LogP contribution < -0.4 is 11.1 Å². The molecule has 0 radical (unpaired) electrons. The Bertz CT molecular complexity index is 507. The quantitative estimate of drug-likeness (QED) is 0.647. The average molecular weight is 278 g/mol. The zero-order chi connectivity index (χ0) is 15.1. The molecular formula is C14H18N2O4. The van der Waals surface area contributed by atoms with Crippen molar-refractivity contribution >= 4 is 12.1 Å². The van der Waals surface area contributed by atoms with Gasteiger partial charge in [-0.1, -0.05) is 30.3 Å². The third-order valence-corrected chi connectivity index (χ3v) is 2.56. The normalized spacial score (nSPS) is 12.9. The number of alkyl carbamates (subject to hydrolysis) is 1. The van der Waals surface area contributed by atoms with Crippen LogP contribution >= 0.6 is 0 Å². The second-order valence-electron chi connectivity index (χ2n) is 4.13. The van der Waals surface area contributed by atoms with Crippen LogP contribution in [0.3, 0.4) is 0 Å². The minimum absolute atomic E-state index is 0.127. The smallest absolute Gasteiger partial charge is 0.412 e. The van der Waals surface area contributed by atoms with E-state index in [1.165, 1.54) is 14.0 Å². The van der Waals surface area contributed by atoms with Gasteiger partial charge in [0, 0.05) is 5.70 Å². The van der Waals surface area contributed by atoms with Crippen LogP contribution in [0.2, 0.25) is 0 Å². The lowest BCUT2D eigenvalue weighted by atomic mass is 10.1. The van der Waals surface area contributed by atoms with Crippen molar-refractivity contribution < 1.29 is 19.1 Å². The first-order chi connectivity index (χ1) is 9.45. The van der Waals surface area contributed by atoms with Crippen LogP contribution in [0.25, 0.3) is 0 Å². The number of ether oxygens (including phenoxy) is 2. The van der Waals surface area contributed by atoms with E-state index in [-0.39, 0.29) is 11.4 Å². The monoisotopic (exact) mass is 278 g/mol. The summed E-state index contributed by atoms with van der Waals surface area (Å²) in [5, 5.41) is 2.29. The largest absolute Gasteiger partial charge is 0.464 e. The summed E-state index contributed by atoms with van der Waals surface area (Å²) in [6.07, 6.45) is -1.22. The van der Waals surface area contributed by atoms with Gasteiger partial charge in [0.05, 0.1) is 7.11 Å². The highest BCUT2D eigenvalue weighted by molar-refractivity contribution is 5.92. The summed E-state index contributed by atoms with van der Waals surface area (Å²) in [4.78, 5) is 23.1. The van der Waals surface area contributed by atoms with Gasteiger partial charge < -0.3 is 15.2 Å². The Kier molecular flexibility index (Phi) is 5.58. The molecule has 0 aliphatic carbocycles. The maximum absolute atomic E-state index is 11.7. The zero-order valence-electron chi connectivity index (χ0n) is 11.7. The van der Waals surface area contributed by atoms with E-state index in [4.69, 9.17) is 10.5 Å². The lowest BCUT2D eigenvalue weighted by Crippen LogP contribution is -2.31. The van der Waals surface area contributed by atoms with Gasteiger partial charge in [0.2, 0.25) is 0 Å². The molecule has 0 spiro atoms. The van der Waals surface area contributed by atoms with Crippen LogP contribution in [0.15, 0.2) is 41.7 Å². The highest BCUT2D eigenvalue weighted by Gasteiger charge is 2.18. The van der Waals surface area contributed by atoms with E-state index in [9.17, 15) is 9.59 Å². The highest BCUT2D eigenvalue weighted by atomic mass is 16.6. The SMILES string of the molecule is COC(=O)/C(NC(=O)O[C@H](C)c1ccccc1)=C(/C)N. The molecular weight excluding hydrogens is 260 g/mol. The summed E-state index contributed by atoms with van der Waals surface area (Å²) >= 11 is 0. The fraction of sp³-hybridized carbons (Fsp3) is 0.286. The second-order valence-corrected chi connectivity index (χ2v) is 4.13. The molecule has 6 heteroatoms. The molecule has 0 heterocycles. The van der Waals surface area contributed by atoms with Crippen LogP contribution in [0.5, 0.6) is 0 Å². The number of rotatable bonds is 4. The molecule has 0 saturated heterocycles. The molecule has 0 unspecified atom stereocenters. The van der Waals surface area contributed by atoms with Crippen molar-refractivity contribution in [3.8, 4) is 0 Å². The molecule has 1 atom stereocenters. The Morgan fingerprint density at radius 3 is 2.35 bits per heavy atom. The van der Waals surface area contributed by atoms with E-state index in [1.54, 1.807) is 6.92 Å². The van der Waals surface area contributed by atoms with Crippen molar-refractivity contribution in [3.63, 3.8) is 0 Å². The predicted molar refractivity (Wildman–Crippen MR) is 73.4 cm³/mol. The summed E-state index contributed by atoms with van der Waals surface area (Å²) in [6, 6.07) is 9.23. The Balaban J connectivity index is 2.68. The van der Waals surface area contributed by atoms with Gasteiger partial charge in [-0.05, 0) is 19.4 Å². The molecule has 1 amide bonds. The maximum atomic E-state index is 11.7.